The van der Waals surface area contributed by atoms with Gasteiger partial charge in [-0.3, -0.25) is 4.79 Å². The lowest BCUT2D eigenvalue weighted by molar-refractivity contribution is 0.102. The van der Waals surface area contributed by atoms with Crippen LogP contribution in [0.3, 0.4) is 0 Å². The second-order valence-electron chi connectivity index (χ2n) is 4.66. The van der Waals surface area contributed by atoms with Crippen molar-refractivity contribution in [1.82, 2.24) is 4.98 Å². The molecule has 1 aromatic heterocycles. The third kappa shape index (κ3) is 3.20. The van der Waals surface area contributed by atoms with Crippen molar-refractivity contribution < 1.29 is 4.79 Å². The molecule has 21 heavy (non-hydrogen) atoms. The molecule has 0 aliphatic rings. The molecule has 5 nitrogen and oxygen atoms in total. The minimum absolute atomic E-state index is 0.216. The molecule has 0 unspecified atom stereocenters. The Kier molecular flexibility index (Phi) is 4.90. The summed E-state index contributed by atoms with van der Waals surface area (Å²) in [5.41, 5.74) is 6.00. The normalized spacial score (nSPS) is 10.2. The number of hydrogen-bond acceptors (Lipinski definition) is 4. The molecule has 4 N–H and O–H groups in total. The number of hydrazine groups is 1. The lowest BCUT2D eigenvalue weighted by atomic mass is 10.0. The molecule has 0 fully saturated rings. The number of carbonyl (C=O) groups is 1. The summed E-state index contributed by atoms with van der Waals surface area (Å²) in [5, 5.41) is 3.00. The van der Waals surface area contributed by atoms with Crippen molar-refractivity contribution in [3.63, 3.8) is 0 Å². The van der Waals surface area contributed by atoms with Crippen molar-refractivity contribution >= 4 is 17.4 Å². The Balaban J connectivity index is 2.36. The number of anilines is 2. The van der Waals surface area contributed by atoms with Crippen LogP contribution < -0.4 is 16.6 Å². The maximum atomic E-state index is 12.5. The first-order valence-electron chi connectivity index (χ1n) is 7.05. The van der Waals surface area contributed by atoms with Gasteiger partial charge < -0.3 is 10.7 Å². The maximum Gasteiger partial charge on any atom is 0.259 e. The molecule has 0 bridgehead atoms. The fraction of sp³-hybridized carbons (Fsp3) is 0.250. The maximum absolute atomic E-state index is 12.5. The van der Waals surface area contributed by atoms with Crippen LogP contribution in [0.2, 0.25) is 0 Å². The Bertz CT molecular complexity index is 618. The highest BCUT2D eigenvalue weighted by Gasteiger charge is 2.15. The molecule has 1 amide bonds. The van der Waals surface area contributed by atoms with Crippen LogP contribution in [0.5, 0.6) is 0 Å². The molecular weight excluding hydrogens is 264 g/mol. The van der Waals surface area contributed by atoms with Crippen LogP contribution in [0.15, 0.2) is 36.5 Å². The number of pyridine rings is 1. The largest absolute Gasteiger partial charge is 0.321 e. The zero-order valence-corrected chi connectivity index (χ0v) is 12.3. The van der Waals surface area contributed by atoms with E-state index in [2.05, 4.69) is 29.6 Å². The first-order valence-corrected chi connectivity index (χ1v) is 7.05. The van der Waals surface area contributed by atoms with Gasteiger partial charge in [-0.05, 0) is 36.1 Å². The number of aryl methyl sites for hydroxylation is 2. The molecule has 2 rings (SSSR count). The Morgan fingerprint density at radius 3 is 2.38 bits per heavy atom. The van der Waals surface area contributed by atoms with Gasteiger partial charge in [0.2, 0.25) is 0 Å². The van der Waals surface area contributed by atoms with Crippen molar-refractivity contribution in [3.8, 4) is 0 Å². The van der Waals surface area contributed by atoms with Gasteiger partial charge in [0.1, 0.15) is 0 Å². The van der Waals surface area contributed by atoms with Gasteiger partial charge >= 0.3 is 0 Å². The van der Waals surface area contributed by atoms with Gasteiger partial charge in [-0.15, -0.1) is 0 Å². The van der Waals surface area contributed by atoms with Crippen LogP contribution in [0.25, 0.3) is 0 Å². The number of rotatable bonds is 5. The van der Waals surface area contributed by atoms with E-state index in [1.54, 1.807) is 18.3 Å². The van der Waals surface area contributed by atoms with Gasteiger partial charge in [-0.2, -0.15) is 0 Å². The molecule has 0 saturated carbocycles. The monoisotopic (exact) mass is 284 g/mol. The predicted molar refractivity (Wildman–Crippen MR) is 85.2 cm³/mol. The Hall–Kier alpha value is -2.40. The first-order chi connectivity index (χ1) is 10.2. The lowest BCUT2D eigenvalue weighted by Crippen LogP contribution is -2.19. The number of nitrogens with two attached hydrogens (primary N) is 1. The Labute approximate surface area is 124 Å². The summed E-state index contributed by atoms with van der Waals surface area (Å²) in [6.07, 6.45) is 3.31. The topological polar surface area (TPSA) is 80.0 Å². The van der Waals surface area contributed by atoms with E-state index >= 15 is 0 Å². The highest BCUT2D eigenvalue weighted by atomic mass is 16.1. The molecular formula is C16H20N4O. The molecule has 110 valence electrons. The summed E-state index contributed by atoms with van der Waals surface area (Å²) in [6.45, 7) is 4.14. The van der Waals surface area contributed by atoms with Gasteiger partial charge in [0.05, 0.1) is 5.56 Å². The van der Waals surface area contributed by atoms with Crippen LogP contribution in [-0.2, 0) is 12.8 Å². The number of carbonyl (C=O) groups excluding carboxylic acids is 1. The molecule has 0 aliphatic heterocycles. The summed E-state index contributed by atoms with van der Waals surface area (Å²) in [4.78, 5) is 16.5. The first kappa shape index (κ1) is 15.0. The van der Waals surface area contributed by atoms with Crippen molar-refractivity contribution in [2.45, 2.75) is 26.7 Å². The number of hydrogen-bond donors (Lipinski definition) is 3. The molecule has 0 radical (unpaired) electrons. The van der Waals surface area contributed by atoms with E-state index in [9.17, 15) is 4.79 Å². The number of benzene rings is 1. The number of nitrogens with one attached hydrogen (secondary N) is 2. The number of nitrogen functional groups attached to an aromatic ring is 1. The zero-order valence-electron chi connectivity index (χ0n) is 12.3. The summed E-state index contributed by atoms with van der Waals surface area (Å²) in [7, 11) is 0. The molecule has 1 heterocycles. The zero-order chi connectivity index (χ0) is 15.2. The number of para-hydroxylation sites is 1. The molecule has 0 spiro atoms. The van der Waals surface area contributed by atoms with Crippen LogP contribution in [0, 0.1) is 0 Å². The summed E-state index contributed by atoms with van der Waals surface area (Å²) >= 11 is 0. The number of amides is 1. The summed E-state index contributed by atoms with van der Waals surface area (Å²) in [6, 6.07) is 9.48. The Morgan fingerprint density at radius 2 is 1.81 bits per heavy atom. The van der Waals surface area contributed by atoms with E-state index in [0.717, 1.165) is 29.7 Å². The molecule has 2 aromatic rings. The smallest absolute Gasteiger partial charge is 0.259 e. The van der Waals surface area contributed by atoms with Crippen molar-refractivity contribution in [1.29, 1.82) is 0 Å². The van der Waals surface area contributed by atoms with Gasteiger partial charge in [0.15, 0.2) is 5.82 Å². The van der Waals surface area contributed by atoms with Gasteiger partial charge in [-0.25, -0.2) is 10.8 Å². The second-order valence-corrected chi connectivity index (χ2v) is 4.66. The minimum Gasteiger partial charge on any atom is -0.321 e. The average Bonchev–Trinajstić information content (AvgIpc) is 2.54. The van der Waals surface area contributed by atoms with Gasteiger partial charge in [0.25, 0.3) is 5.91 Å². The van der Waals surface area contributed by atoms with Crippen molar-refractivity contribution in [3.05, 3.63) is 53.2 Å². The predicted octanol–water partition coefficient (Wildman–Crippen LogP) is 2.74. The van der Waals surface area contributed by atoms with Crippen molar-refractivity contribution in [2.24, 2.45) is 5.84 Å². The van der Waals surface area contributed by atoms with Gasteiger partial charge in [0, 0.05) is 11.9 Å². The third-order valence-corrected chi connectivity index (χ3v) is 3.43. The van der Waals surface area contributed by atoms with E-state index in [1.165, 1.54) is 0 Å². The van der Waals surface area contributed by atoms with Crippen LogP contribution >= 0.6 is 0 Å². The summed E-state index contributed by atoms with van der Waals surface area (Å²) in [5.74, 6) is 5.55. The standard InChI is InChI=1S/C16H20N4O/c1-3-11-7-5-8-12(4-2)14(11)19-16(21)13-9-6-10-18-15(13)20-17/h5-10H,3-4,17H2,1-2H3,(H,18,20)(H,19,21). The lowest BCUT2D eigenvalue weighted by Gasteiger charge is -2.15. The second kappa shape index (κ2) is 6.85. The molecule has 5 heteroatoms. The van der Waals surface area contributed by atoms with Gasteiger partial charge in [-0.1, -0.05) is 32.0 Å². The summed E-state index contributed by atoms with van der Waals surface area (Å²) < 4.78 is 0. The average molecular weight is 284 g/mol. The van der Waals surface area contributed by atoms with Crippen LogP contribution in [-0.4, -0.2) is 10.9 Å². The van der Waals surface area contributed by atoms with E-state index in [1.807, 2.05) is 18.2 Å². The van der Waals surface area contributed by atoms with E-state index in [-0.39, 0.29) is 5.91 Å². The third-order valence-electron chi connectivity index (χ3n) is 3.43. The van der Waals surface area contributed by atoms with E-state index in [0.29, 0.717) is 11.4 Å². The van der Waals surface area contributed by atoms with E-state index in [4.69, 9.17) is 5.84 Å². The fourth-order valence-electron chi connectivity index (χ4n) is 2.29. The fourth-order valence-corrected chi connectivity index (χ4v) is 2.29. The molecule has 1 aromatic carbocycles. The molecule has 0 atom stereocenters. The van der Waals surface area contributed by atoms with Crippen molar-refractivity contribution in [2.75, 3.05) is 10.7 Å². The van der Waals surface area contributed by atoms with Crippen LogP contribution in [0.4, 0.5) is 11.5 Å². The quantitative estimate of drug-likeness (QED) is 0.582. The SMILES string of the molecule is CCc1cccc(CC)c1NC(=O)c1cccnc1NN. The minimum atomic E-state index is -0.216. The number of nitrogens with zero attached hydrogens (tertiary/aromatic N) is 1. The van der Waals surface area contributed by atoms with E-state index < -0.39 is 0 Å². The highest BCUT2D eigenvalue weighted by Crippen LogP contribution is 2.24. The highest BCUT2D eigenvalue weighted by molar-refractivity contribution is 6.08. The number of aromatic nitrogens is 1. The molecule has 0 saturated heterocycles. The molecule has 0 aliphatic carbocycles. The Morgan fingerprint density at radius 1 is 1.14 bits per heavy atom. The van der Waals surface area contributed by atoms with Crippen LogP contribution in [0.1, 0.15) is 35.3 Å².